The summed E-state index contributed by atoms with van der Waals surface area (Å²) in [5.74, 6) is -0.484. The Balaban J connectivity index is 2.85. The van der Waals surface area contributed by atoms with Gasteiger partial charge in [-0.3, -0.25) is 4.98 Å². The molecular formula is C11H8FN3S. The van der Waals surface area contributed by atoms with Gasteiger partial charge in [-0.25, -0.2) is 4.39 Å². The molecule has 0 bridgehead atoms. The molecule has 0 aliphatic rings. The van der Waals surface area contributed by atoms with Gasteiger partial charge in [0.2, 0.25) is 0 Å². The number of pyridine rings is 1. The molecule has 2 aromatic rings. The van der Waals surface area contributed by atoms with Gasteiger partial charge in [0.1, 0.15) is 11.2 Å². The van der Waals surface area contributed by atoms with Crippen molar-refractivity contribution in [2.75, 3.05) is 5.73 Å². The van der Waals surface area contributed by atoms with Crippen molar-refractivity contribution < 1.29 is 4.39 Å². The minimum atomic E-state index is -0.484. The number of nitrogens with zero attached hydrogens (tertiary/aromatic N) is 2. The smallest absolute Gasteiger partial charge is 0.140 e. The molecule has 0 atom stereocenters. The molecule has 0 saturated heterocycles. The van der Waals surface area contributed by atoms with E-state index in [1.165, 1.54) is 6.07 Å². The summed E-state index contributed by atoms with van der Waals surface area (Å²) in [5, 5.41) is 11.1. The summed E-state index contributed by atoms with van der Waals surface area (Å²) >= 11 is 0.781. The first-order valence-electron chi connectivity index (χ1n) is 4.54. The molecule has 0 fully saturated rings. The van der Waals surface area contributed by atoms with Crippen LogP contribution in [0.5, 0.6) is 0 Å². The maximum Gasteiger partial charge on any atom is 0.140 e. The van der Waals surface area contributed by atoms with E-state index in [9.17, 15) is 4.39 Å². The SMILES string of the molecule is Cc1ccc2c(SC#N)c(F)cc(N)c2n1. The van der Waals surface area contributed by atoms with E-state index in [0.717, 1.165) is 17.5 Å². The van der Waals surface area contributed by atoms with Crippen LogP contribution < -0.4 is 5.73 Å². The van der Waals surface area contributed by atoms with Crippen LogP contribution in [-0.4, -0.2) is 4.98 Å². The number of nitrogen functional groups attached to an aromatic ring is 1. The zero-order valence-corrected chi connectivity index (χ0v) is 9.31. The van der Waals surface area contributed by atoms with Crippen LogP contribution in [0.3, 0.4) is 0 Å². The Morgan fingerprint density at radius 1 is 1.50 bits per heavy atom. The highest BCUT2D eigenvalue weighted by Gasteiger charge is 2.12. The average Bonchev–Trinajstić information content (AvgIpc) is 2.24. The first kappa shape index (κ1) is 10.7. The third kappa shape index (κ3) is 1.68. The zero-order chi connectivity index (χ0) is 11.7. The predicted molar refractivity (Wildman–Crippen MR) is 62.3 cm³/mol. The lowest BCUT2D eigenvalue weighted by Crippen LogP contribution is -1.95. The number of hydrogen-bond donors (Lipinski definition) is 1. The van der Waals surface area contributed by atoms with Crippen molar-refractivity contribution >= 4 is 28.4 Å². The van der Waals surface area contributed by atoms with Crippen LogP contribution in [-0.2, 0) is 0 Å². The molecule has 80 valence electrons. The van der Waals surface area contributed by atoms with Crippen LogP contribution in [0.4, 0.5) is 10.1 Å². The number of nitriles is 1. The molecule has 5 heteroatoms. The Kier molecular flexibility index (Phi) is 2.67. The summed E-state index contributed by atoms with van der Waals surface area (Å²) in [4.78, 5) is 4.52. The molecular weight excluding hydrogens is 225 g/mol. The first-order chi connectivity index (χ1) is 7.63. The van der Waals surface area contributed by atoms with Crippen LogP contribution in [0.1, 0.15) is 5.69 Å². The standard InChI is InChI=1S/C11H8FN3S/c1-6-2-3-7-10(15-6)9(14)4-8(12)11(7)16-5-13/h2-4H,14H2,1H3. The molecule has 0 amide bonds. The van der Waals surface area contributed by atoms with Crippen molar-refractivity contribution in [2.45, 2.75) is 11.8 Å². The molecule has 0 radical (unpaired) electrons. The van der Waals surface area contributed by atoms with Gasteiger partial charge in [0, 0.05) is 17.1 Å². The lowest BCUT2D eigenvalue weighted by Gasteiger charge is -2.07. The molecule has 2 rings (SSSR count). The molecule has 1 heterocycles. The van der Waals surface area contributed by atoms with E-state index in [-0.39, 0.29) is 4.90 Å². The van der Waals surface area contributed by atoms with Crippen molar-refractivity contribution in [3.63, 3.8) is 0 Å². The molecule has 0 saturated carbocycles. The van der Waals surface area contributed by atoms with Gasteiger partial charge in [0.25, 0.3) is 0 Å². The largest absolute Gasteiger partial charge is 0.397 e. The number of thioether (sulfide) groups is 1. The van der Waals surface area contributed by atoms with Crippen LogP contribution in [0, 0.1) is 23.4 Å². The van der Waals surface area contributed by atoms with E-state index in [1.807, 2.05) is 12.3 Å². The molecule has 2 N–H and O–H groups in total. The summed E-state index contributed by atoms with van der Waals surface area (Å²) in [6.07, 6.45) is 0. The number of aryl methyl sites for hydroxylation is 1. The van der Waals surface area contributed by atoms with Crippen molar-refractivity contribution in [3.05, 3.63) is 29.7 Å². The highest BCUT2D eigenvalue weighted by atomic mass is 32.2. The van der Waals surface area contributed by atoms with Crippen LogP contribution in [0.15, 0.2) is 23.1 Å². The minimum Gasteiger partial charge on any atom is -0.397 e. The van der Waals surface area contributed by atoms with Crippen LogP contribution in [0.2, 0.25) is 0 Å². The molecule has 0 unspecified atom stereocenters. The molecule has 3 nitrogen and oxygen atoms in total. The number of halogens is 1. The number of rotatable bonds is 1. The van der Waals surface area contributed by atoms with Gasteiger partial charge >= 0.3 is 0 Å². The summed E-state index contributed by atoms with van der Waals surface area (Å²) in [5.41, 5.74) is 7.33. The van der Waals surface area contributed by atoms with Gasteiger partial charge in [-0.05, 0) is 30.8 Å². The maximum absolute atomic E-state index is 13.6. The Morgan fingerprint density at radius 2 is 2.25 bits per heavy atom. The van der Waals surface area contributed by atoms with Crippen LogP contribution in [0.25, 0.3) is 10.9 Å². The monoisotopic (exact) mass is 233 g/mol. The van der Waals surface area contributed by atoms with Crippen molar-refractivity contribution in [3.8, 4) is 5.40 Å². The number of fused-ring (bicyclic) bond motifs is 1. The van der Waals surface area contributed by atoms with Gasteiger partial charge in [0.05, 0.1) is 16.1 Å². The van der Waals surface area contributed by atoms with E-state index in [4.69, 9.17) is 11.0 Å². The van der Waals surface area contributed by atoms with E-state index in [2.05, 4.69) is 4.98 Å². The topological polar surface area (TPSA) is 62.7 Å². The highest BCUT2D eigenvalue weighted by Crippen LogP contribution is 2.32. The fourth-order valence-electron chi connectivity index (χ4n) is 1.51. The number of benzene rings is 1. The molecule has 0 aliphatic heterocycles. The summed E-state index contributed by atoms with van der Waals surface area (Å²) in [6, 6.07) is 4.70. The number of nitrogens with two attached hydrogens (primary N) is 1. The summed E-state index contributed by atoms with van der Waals surface area (Å²) < 4.78 is 13.6. The van der Waals surface area contributed by atoms with Crippen molar-refractivity contribution in [2.24, 2.45) is 0 Å². The number of anilines is 1. The Hall–Kier alpha value is -1.80. The van der Waals surface area contributed by atoms with Gasteiger partial charge in [-0.2, -0.15) is 5.26 Å². The number of hydrogen-bond acceptors (Lipinski definition) is 4. The van der Waals surface area contributed by atoms with Gasteiger partial charge in [-0.1, -0.05) is 0 Å². The Morgan fingerprint density at radius 3 is 2.94 bits per heavy atom. The molecule has 0 spiro atoms. The van der Waals surface area contributed by atoms with E-state index < -0.39 is 5.82 Å². The summed E-state index contributed by atoms with van der Waals surface area (Å²) in [6.45, 7) is 1.83. The third-order valence-electron chi connectivity index (χ3n) is 2.20. The van der Waals surface area contributed by atoms with Crippen molar-refractivity contribution in [1.82, 2.24) is 4.98 Å². The third-order valence-corrected chi connectivity index (χ3v) is 2.91. The van der Waals surface area contributed by atoms with E-state index >= 15 is 0 Å². The normalized spacial score (nSPS) is 10.3. The quantitative estimate of drug-likeness (QED) is 0.467. The average molecular weight is 233 g/mol. The first-order valence-corrected chi connectivity index (χ1v) is 5.36. The van der Waals surface area contributed by atoms with Crippen molar-refractivity contribution in [1.29, 1.82) is 5.26 Å². The Labute approximate surface area is 96.1 Å². The highest BCUT2D eigenvalue weighted by molar-refractivity contribution is 8.04. The van der Waals surface area contributed by atoms with Gasteiger partial charge in [-0.15, -0.1) is 0 Å². The van der Waals surface area contributed by atoms with Gasteiger partial charge < -0.3 is 5.73 Å². The predicted octanol–water partition coefficient (Wildman–Crippen LogP) is 2.84. The molecule has 0 aliphatic carbocycles. The molecule has 16 heavy (non-hydrogen) atoms. The maximum atomic E-state index is 13.6. The minimum absolute atomic E-state index is 0.277. The lowest BCUT2D eigenvalue weighted by atomic mass is 10.1. The second-order valence-corrected chi connectivity index (χ2v) is 4.11. The second-order valence-electron chi connectivity index (χ2n) is 3.32. The summed E-state index contributed by atoms with van der Waals surface area (Å²) in [7, 11) is 0. The van der Waals surface area contributed by atoms with E-state index in [1.54, 1.807) is 12.1 Å². The lowest BCUT2D eigenvalue weighted by molar-refractivity contribution is 0.606. The fraction of sp³-hybridized carbons (Fsp3) is 0.0909. The molecule has 1 aromatic heterocycles. The second kappa shape index (κ2) is 3.99. The van der Waals surface area contributed by atoms with Crippen LogP contribution >= 0.6 is 11.8 Å². The zero-order valence-electron chi connectivity index (χ0n) is 8.49. The fourth-order valence-corrected chi connectivity index (χ4v) is 2.03. The van der Waals surface area contributed by atoms with E-state index in [0.29, 0.717) is 16.6 Å². The number of aromatic nitrogens is 1. The Bertz CT molecular complexity index is 604. The number of thiocyanates is 1. The van der Waals surface area contributed by atoms with Gasteiger partial charge in [0.15, 0.2) is 0 Å². The molecule has 1 aromatic carbocycles.